The Bertz CT molecular complexity index is 955. The summed E-state index contributed by atoms with van der Waals surface area (Å²) in [5.41, 5.74) is 2.91. The van der Waals surface area contributed by atoms with Gasteiger partial charge in [0, 0.05) is 17.1 Å². The molecule has 0 aromatic carbocycles. The van der Waals surface area contributed by atoms with Crippen LogP contribution in [0.15, 0.2) is 47.3 Å². The van der Waals surface area contributed by atoms with Crippen molar-refractivity contribution in [2.24, 2.45) is 0 Å². The first-order chi connectivity index (χ1) is 11.3. The second kappa shape index (κ2) is 5.65. The Kier molecular flexibility index (Phi) is 3.35. The van der Waals surface area contributed by atoms with E-state index in [-0.39, 0.29) is 12.5 Å². The number of hydrogen-bond donors (Lipinski definition) is 2. The van der Waals surface area contributed by atoms with Crippen molar-refractivity contribution < 1.29 is 4.79 Å². The zero-order valence-electron chi connectivity index (χ0n) is 11.9. The minimum absolute atomic E-state index is 0.230. The smallest absolute Gasteiger partial charge is 0.269 e. The molecule has 114 valence electrons. The molecule has 0 saturated carbocycles. The van der Waals surface area contributed by atoms with Crippen LogP contribution in [-0.4, -0.2) is 30.7 Å². The quantitative estimate of drug-likeness (QED) is 0.602. The summed E-state index contributed by atoms with van der Waals surface area (Å²) in [5.74, 6) is 0.443. The summed E-state index contributed by atoms with van der Waals surface area (Å²) in [6.45, 7) is 0.289. The molecule has 4 heterocycles. The van der Waals surface area contributed by atoms with Gasteiger partial charge in [-0.1, -0.05) is 6.07 Å². The minimum Gasteiger partial charge on any atom is -0.343 e. The second-order valence-corrected chi connectivity index (χ2v) is 5.69. The number of hydrogen-bond acceptors (Lipinski definition) is 5. The molecule has 4 rings (SSSR count). The lowest BCUT2D eigenvalue weighted by molar-refractivity contribution is 0.0944. The highest BCUT2D eigenvalue weighted by atomic mass is 32.1. The SMILES string of the molecule is O=C(NCc1nnc2ccccn12)c1cc(-c2ccsc2)n[nH]1. The predicted octanol–water partition coefficient (Wildman–Crippen LogP) is 2.11. The average molecular weight is 324 g/mol. The minimum atomic E-state index is -0.230. The first-order valence-electron chi connectivity index (χ1n) is 6.96. The van der Waals surface area contributed by atoms with Crippen LogP contribution in [-0.2, 0) is 6.54 Å². The Morgan fingerprint density at radius 1 is 1.30 bits per heavy atom. The van der Waals surface area contributed by atoms with Crippen molar-refractivity contribution in [2.75, 3.05) is 0 Å². The lowest BCUT2D eigenvalue weighted by Crippen LogP contribution is -2.24. The monoisotopic (exact) mass is 324 g/mol. The molecule has 1 amide bonds. The van der Waals surface area contributed by atoms with Gasteiger partial charge in [-0.05, 0) is 29.6 Å². The van der Waals surface area contributed by atoms with E-state index in [9.17, 15) is 4.79 Å². The molecule has 7 nitrogen and oxygen atoms in total. The summed E-state index contributed by atoms with van der Waals surface area (Å²) >= 11 is 1.59. The van der Waals surface area contributed by atoms with E-state index in [0.29, 0.717) is 11.5 Å². The number of nitrogens with one attached hydrogen (secondary N) is 2. The largest absolute Gasteiger partial charge is 0.343 e. The summed E-state index contributed by atoms with van der Waals surface area (Å²) in [6.07, 6.45) is 1.86. The molecule has 0 aliphatic rings. The Morgan fingerprint density at radius 3 is 3.13 bits per heavy atom. The maximum Gasteiger partial charge on any atom is 0.269 e. The molecule has 8 heteroatoms. The molecule has 0 saturated heterocycles. The van der Waals surface area contributed by atoms with Gasteiger partial charge < -0.3 is 5.32 Å². The molecule has 4 aromatic rings. The third-order valence-electron chi connectivity index (χ3n) is 3.43. The molecule has 0 radical (unpaired) electrons. The third kappa shape index (κ3) is 2.59. The second-order valence-electron chi connectivity index (χ2n) is 4.91. The summed E-state index contributed by atoms with van der Waals surface area (Å²) in [4.78, 5) is 12.2. The Morgan fingerprint density at radius 2 is 2.26 bits per heavy atom. The first kappa shape index (κ1) is 13.6. The molecule has 4 aromatic heterocycles. The van der Waals surface area contributed by atoms with E-state index in [1.54, 1.807) is 17.4 Å². The van der Waals surface area contributed by atoms with E-state index in [1.165, 1.54) is 0 Å². The number of amides is 1. The van der Waals surface area contributed by atoms with Crippen molar-refractivity contribution in [2.45, 2.75) is 6.54 Å². The topological polar surface area (TPSA) is 88.0 Å². The van der Waals surface area contributed by atoms with Crippen LogP contribution in [0, 0.1) is 0 Å². The van der Waals surface area contributed by atoms with Gasteiger partial charge in [0.2, 0.25) is 0 Å². The van der Waals surface area contributed by atoms with Gasteiger partial charge in [-0.25, -0.2) is 0 Å². The van der Waals surface area contributed by atoms with Gasteiger partial charge in [0.05, 0.1) is 12.2 Å². The number of nitrogens with zero attached hydrogens (tertiary/aromatic N) is 4. The molecule has 0 aliphatic heterocycles. The number of H-pyrrole nitrogens is 1. The van der Waals surface area contributed by atoms with Crippen molar-refractivity contribution in [3.05, 3.63) is 58.8 Å². The Hall–Kier alpha value is -3.00. The van der Waals surface area contributed by atoms with Crippen LogP contribution in [0.2, 0.25) is 0 Å². The molecular weight excluding hydrogens is 312 g/mol. The van der Waals surface area contributed by atoms with Crippen molar-refractivity contribution in [3.63, 3.8) is 0 Å². The number of fused-ring (bicyclic) bond motifs is 1. The zero-order chi connectivity index (χ0) is 15.6. The van der Waals surface area contributed by atoms with Crippen molar-refractivity contribution in [1.29, 1.82) is 0 Å². The highest BCUT2D eigenvalue weighted by Gasteiger charge is 2.12. The molecule has 23 heavy (non-hydrogen) atoms. The van der Waals surface area contributed by atoms with Gasteiger partial charge in [0.1, 0.15) is 5.69 Å². The molecular formula is C15H12N6OS. The van der Waals surface area contributed by atoms with Gasteiger partial charge in [0.25, 0.3) is 5.91 Å². The van der Waals surface area contributed by atoms with E-state index in [2.05, 4.69) is 25.7 Å². The highest BCUT2D eigenvalue weighted by Crippen LogP contribution is 2.20. The fourth-order valence-electron chi connectivity index (χ4n) is 2.26. The molecule has 2 N–H and O–H groups in total. The van der Waals surface area contributed by atoms with Gasteiger partial charge >= 0.3 is 0 Å². The van der Waals surface area contributed by atoms with Crippen molar-refractivity contribution in [3.8, 4) is 11.3 Å². The fraction of sp³-hybridized carbons (Fsp3) is 0.0667. The lowest BCUT2D eigenvalue weighted by Gasteiger charge is -2.02. The highest BCUT2D eigenvalue weighted by molar-refractivity contribution is 7.08. The van der Waals surface area contributed by atoms with Gasteiger partial charge in [-0.15, -0.1) is 10.2 Å². The Balaban J connectivity index is 1.48. The number of aromatic amines is 1. The summed E-state index contributed by atoms with van der Waals surface area (Å²) in [5, 5.41) is 21.8. The van der Waals surface area contributed by atoms with Crippen LogP contribution in [0.1, 0.15) is 16.3 Å². The standard InChI is InChI=1S/C15H12N6OS/c22-15(12-7-11(17-18-12)10-4-6-23-9-10)16-8-14-20-19-13-3-1-2-5-21(13)14/h1-7,9H,8H2,(H,16,22)(H,17,18). The van der Waals surface area contributed by atoms with E-state index >= 15 is 0 Å². The maximum absolute atomic E-state index is 12.2. The van der Waals surface area contributed by atoms with Gasteiger partial charge in [0.15, 0.2) is 11.5 Å². The van der Waals surface area contributed by atoms with Crippen LogP contribution in [0.4, 0.5) is 0 Å². The number of carbonyl (C=O) groups is 1. The van der Waals surface area contributed by atoms with Gasteiger partial charge in [-0.3, -0.25) is 14.3 Å². The third-order valence-corrected chi connectivity index (χ3v) is 4.11. The van der Waals surface area contributed by atoms with E-state index in [4.69, 9.17) is 0 Å². The summed E-state index contributed by atoms with van der Waals surface area (Å²) in [6, 6.07) is 9.34. The van der Waals surface area contributed by atoms with Crippen LogP contribution in [0.5, 0.6) is 0 Å². The van der Waals surface area contributed by atoms with E-state index in [0.717, 1.165) is 16.9 Å². The number of carbonyl (C=O) groups excluding carboxylic acids is 1. The van der Waals surface area contributed by atoms with Crippen LogP contribution < -0.4 is 5.32 Å². The number of pyridine rings is 1. The van der Waals surface area contributed by atoms with Crippen molar-refractivity contribution >= 4 is 22.9 Å². The lowest BCUT2D eigenvalue weighted by atomic mass is 10.2. The van der Waals surface area contributed by atoms with E-state index < -0.39 is 0 Å². The fourth-order valence-corrected chi connectivity index (χ4v) is 2.91. The molecule has 0 bridgehead atoms. The maximum atomic E-state index is 12.2. The summed E-state index contributed by atoms with van der Waals surface area (Å²) < 4.78 is 1.84. The van der Waals surface area contributed by atoms with E-state index in [1.807, 2.05) is 45.6 Å². The summed E-state index contributed by atoms with van der Waals surface area (Å²) in [7, 11) is 0. The molecule has 0 spiro atoms. The predicted molar refractivity (Wildman–Crippen MR) is 86.1 cm³/mol. The van der Waals surface area contributed by atoms with Crippen molar-refractivity contribution in [1.82, 2.24) is 30.1 Å². The van der Waals surface area contributed by atoms with Crippen LogP contribution >= 0.6 is 11.3 Å². The van der Waals surface area contributed by atoms with Crippen LogP contribution in [0.25, 0.3) is 16.9 Å². The molecule has 0 unspecified atom stereocenters. The van der Waals surface area contributed by atoms with Crippen LogP contribution in [0.3, 0.4) is 0 Å². The Labute approximate surface area is 135 Å². The number of aromatic nitrogens is 5. The zero-order valence-corrected chi connectivity index (χ0v) is 12.7. The molecule has 0 fully saturated rings. The average Bonchev–Trinajstić information content (AvgIpc) is 3.31. The first-order valence-corrected chi connectivity index (χ1v) is 7.90. The number of thiophene rings is 1. The number of rotatable bonds is 4. The molecule has 0 aliphatic carbocycles. The van der Waals surface area contributed by atoms with Gasteiger partial charge in [-0.2, -0.15) is 16.4 Å². The molecule has 0 atom stereocenters. The normalized spacial score (nSPS) is 11.0.